The molecule has 25 heavy (non-hydrogen) atoms. The first-order valence-electron chi connectivity index (χ1n) is 3.29. The van der Waals surface area contributed by atoms with Crippen LogP contribution in [0.1, 0.15) is 0 Å². The first-order chi connectivity index (χ1) is 10.4. The summed E-state index contributed by atoms with van der Waals surface area (Å²) < 4.78 is 155. The van der Waals surface area contributed by atoms with Crippen molar-refractivity contribution in [3.63, 3.8) is 0 Å². The standard InChI is InChI=1S/6Nb.18O.W/q;;;;;;;;;;;;;;;;;;6*-1;+6. The summed E-state index contributed by atoms with van der Waals surface area (Å²) in [5, 5.41) is 0. The van der Waals surface area contributed by atoms with E-state index in [4.69, 9.17) is 60.7 Å². The van der Waals surface area contributed by atoms with Gasteiger partial charge >= 0.3 is 194 Å². The van der Waals surface area contributed by atoms with Crippen LogP contribution >= 0.6 is 0 Å². The molecule has 0 spiro atoms. The maximum absolute atomic E-state index is 8.60. The van der Waals surface area contributed by atoms with Crippen LogP contribution in [-0.2, 0) is 173 Å². The molecule has 18 nitrogen and oxygen atoms in total. The quantitative estimate of drug-likeness (QED) is 0.203. The second kappa shape index (κ2) is 41.0. The summed E-state index contributed by atoms with van der Waals surface area (Å²) in [6.45, 7) is 0. The van der Waals surface area contributed by atoms with Crippen LogP contribution in [-0.4, -0.2) is 0 Å². The third kappa shape index (κ3) is 2560. The van der Waals surface area contributed by atoms with E-state index < -0.39 is 113 Å². The second-order valence-electron chi connectivity index (χ2n) is 1.34. The molecule has 0 amide bonds. The van der Waals surface area contributed by atoms with E-state index in [1.54, 1.807) is 0 Å². The molecule has 0 saturated heterocycles. The Bertz CT molecular complexity index is 471. The van der Waals surface area contributed by atoms with E-state index in [0.29, 0.717) is 0 Å². The zero-order valence-corrected chi connectivity index (χ0v) is 26.6. The Morgan fingerprint density at radius 3 is 0.280 bits per heavy atom. The molecule has 0 radical (unpaired) electrons. The molecule has 0 aliphatic carbocycles. The predicted octanol–water partition coefficient (Wildman–Crippen LogP) is -8.58. The van der Waals surface area contributed by atoms with E-state index in [1.165, 1.54) is 0 Å². The van der Waals surface area contributed by atoms with Crippen molar-refractivity contribution < 1.29 is 194 Å². The van der Waals surface area contributed by atoms with Crippen LogP contribution in [0.4, 0.5) is 0 Å². The van der Waals surface area contributed by atoms with E-state index in [0.717, 1.165) is 0 Å². The number of hydrogen-bond acceptors (Lipinski definition) is 18. The van der Waals surface area contributed by atoms with Crippen LogP contribution in [0.2, 0.25) is 0 Å². The molecule has 0 aliphatic heterocycles. The Morgan fingerprint density at radius 2 is 0.280 bits per heavy atom. The van der Waals surface area contributed by atoms with Crippen molar-refractivity contribution in [3.8, 4) is 0 Å². The Balaban J connectivity index is -0.0000000309. The summed E-state index contributed by atoms with van der Waals surface area (Å²) in [7, 11) is 0. The van der Waals surface area contributed by atoms with Crippen molar-refractivity contribution >= 4 is 0 Å². The molecule has 0 N–H and O–H groups in total. The molecular formula is Nb6O18W. The minimum Gasteiger partial charge on any atom is 6.00 e. The van der Waals surface area contributed by atoms with Crippen LogP contribution in [0.5, 0.6) is 0 Å². The van der Waals surface area contributed by atoms with E-state index in [-0.39, 0.29) is 21.1 Å². The first-order valence-corrected chi connectivity index (χ1v) is 19.4. The second-order valence-corrected chi connectivity index (χ2v) is 7.94. The van der Waals surface area contributed by atoms with Gasteiger partial charge in [-0.2, -0.15) is 0 Å². The van der Waals surface area contributed by atoms with Gasteiger partial charge in [0.2, 0.25) is 0 Å². The molecule has 0 aliphatic rings. The minimum atomic E-state index is -4.20. The van der Waals surface area contributed by atoms with Gasteiger partial charge in [0.15, 0.2) is 0 Å². The van der Waals surface area contributed by atoms with E-state index in [1.807, 2.05) is 0 Å². The van der Waals surface area contributed by atoms with Gasteiger partial charge in [-0.3, -0.25) is 0 Å². The predicted molar refractivity (Wildman–Crippen MR) is 8.24 cm³/mol. The summed E-state index contributed by atoms with van der Waals surface area (Å²) in [6, 6.07) is 0. The van der Waals surface area contributed by atoms with Crippen molar-refractivity contribution in [1.82, 2.24) is 0 Å². The average molecular weight is 1030 g/mol. The molecule has 0 aromatic rings. The summed E-state index contributed by atoms with van der Waals surface area (Å²) in [5.41, 5.74) is 0. The van der Waals surface area contributed by atoms with E-state index in [9.17, 15) is 0 Å². The molecule has 0 aromatic carbocycles. The summed E-state index contributed by atoms with van der Waals surface area (Å²) >= 11 is -25.2. The third-order valence-corrected chi connectivity index (χ3v) is 0. The largest absolute Gasteiger partial charge is 6.00 e. The van der Waals surface area contributed by atoms with Crippen molar-refractivity contribution in [1.29, 1.82) is 0 Å². The summed E-state index contributed by atoms with van der Waals surface area (Å²) in [6.07, 6.45) is 0. The fraction of sp³-hybridized carbons (Fsp3) is 0. The smallest absolute Gasteiger partial charge is 6.00 e. The monoisotopic (exact) mass is 1030 g/mol. The fourth-order valence-electron chi connectivity index (χ4n) is 0. The molecule has 0 fully saturated rings. The van der Waals surface area contributed by atoms with Crippen molar-refractivity contribution in [3.05, 3.63) is 0 Å². The van der Waals surface area contributed by atoms with Crippen LogP contribution in [0.25, 0.3) is 0 Å². The molecule has 0 bridgehead atoms. The fourth-order valence-corrected chi connectivity index (χ4v) is 0. The summed E-state index contributed by atoms with van der Waals surface area (Å²) in [4.78, 5) is 0. The zero-order chi connectivity index (χ0) is 21.5. The molecule has 0 aromatic heterocycles. The normalized spacial score (nSPS) is 6.00. The van der Waals surface area contributed by atoms with Crippen LogP contribution in [0.3, 0.4) is 0 Å². The van der Waals surface area contributed by atoms with Crippen LogP contribution in [0.15, 0.2) is 0 Å². The SMILES string of the molecule is [O]=[Nb](=[O])[O-].[O]=[Nb](=[O])[O-].[O]=[Nb](=[O])[O-].[O]=[Nb](=[O])[O-].[O]=[Nb](=[O])[O-].[O]=[Nb](=[O])[O-].[W+6]. The Kier molecular flexibility index (Phi) is 75.3. The maximum Gasteiger partial charge on any atom is 6.00 e. The Morgan fingerprint density at radius 1 is 0.280 bits per heavy atom. The van der Waals surface area contributed by atoms with Gasteiger partial charge in [-0.05, 0) is 0 Å². The molecule has 0 rings (SSSR count). The third-order valence-electron chi connectivity index (χ3n) is 0. The zero-order valence-electron chi connectivity index (χ0n) is 10.4. The first kappa shape index (κ1) is 45.9. The molecule has 0 heterocycles. The Labute approximate surface area is 191 Å². The molecule has 144 valence electrons. The van der Waals surface area contributed by atoms with Gasteiger partial charge in [0.25, 0.3) is 0 Å². The van der Waals surface area contributed by atoms with Gasteiger partial charge in [-0.1, -0.05) is 0 Å². The Hall–Kier alpha value is 2.49. The number of hydrogen-bond donors (Lipinski definition) is 0. The van der Waals surface area contributed by atoms with E-state index >= 15 is 0 Å². The van der Waals surface area contributed by atoms with Crippen molar-refractivity contribution in [2.75, 3.05) is 0 Å². The molecule has 0 atom stereocenters. The van der Waals surface area contributed by atoms with Gasteiger partial charge in [0, 0.05) is 0 Å². The average Bonchev–Trinajstić information content (AvgIpc) is 2.08. The van der Waals surface area contributed by atoms with Gasteiger partial charge < -0.3 is 0 Å². The summed E-state index contributed by atoms with van der Waals surface area (Å²) in [5.74, 6) is 0. The van der Waals surface area contributed by atoms with Gasteiger partial charge in [-0.25, -0.2) is 0 Å². The van der Waals surface area contributed by atoms with Gasteiger partial charge in [0.1, 0.15) is 0 Å². The molecule has 0 unspecified atom stereocenters. The maximum atomic E-state index is 8.60. The van der Waals surface area contributed by atoms with Gasteiger partial charge in [-0.15, -0.1) is 0 Å². The van der Waals surface area contributed by atoms with Crippen LogP contribution < -0.4 is 21.7 Å². The van der Waals surface area contributed by atoms with Crippen molar-refractivity contribution in [2.24, 2.45) is 0 Å². The van der Waals surface area contributed by atoms with Crippen molar-refractivity contribution in [2.45, 2.75) is 0 Å². The molecule has 25 heteroatoms. The number of rotatable bonds is 0. The van der Waals surface area contributed by atoms with E-state index in [2.05, 4.69) is 0 Å². The molecular weight excluding hydrogens is 1030 g/mol. The molecule has 0 saturated carbocycles. The van der Waals surface area contributed by atoms with Gasteiger partial charge in [0.05, 0.1) is 0 Å². The minimum absolute atomic E-state index is 0. The topological polar surface area (TPSA) is 343 Å². The van der Waals surface area contributed by atoms with Crippen LogP contribution in [0, 0.1) is 0 Å².